The highest BCUT2D eigenvalue weighted by molar-refractivity contribution is 9.10. The summed E-state index contributed by atoms with van der Waals surface area (Å²) in [4.78, 5) is 23.1. The van der Waals surface area contributed by atoms with Gasteiger partial charge < -0.3 is 19.6 Å². The molecule has 0 aliphatic carbocycles. The van der Waals surface area contributed by atoms with E-state index >= 15 is 0 Å². The molecule has 2 rings (SSSR count). The number of aliphatic carboxylic acids is 1. The molecule has 0 fully saturated rings. The van der Waals surface area contributed by atoms with E-state index in [1.807, 2.05) is 12.1 Å². The van der Waals surface area contributed by atoms with Crippen LogP contribution in [0.15, 0.2) is 33.2 Å². The zero-order valence-corrected chi connectivity index (χ0v) is 14.6. The molecule has 0 saturated carbocycles. The summed E-state index contributed by atoms with van der Waals surface area (Å²) in [7, 11) is 0. The number of benzene rings is 1. The molecule has 0 aliphatic heterocycles. The number of carboxylic acids is 1. The SMILES string of the molecule is CC(C)(C)OC(=O)NC(Cc1cc2cc(Br)ccc2o1)C(=O)O. The molecule has 0 radical (unpaired) electrons. The van der Waals surface area contributed by atoms with Gasteiger partial charge in [0.25, 0.3) is 0 Å². The van der Waals surface area contributed by atoms with Gasteiger partial charge in [-0.2, -0.15) is 0 Å². The number of hydrogen-bond donors (Lipinski definition) is 2. The number of furan rings is 1. The van der Waals surface area contributed by atoms with Crippen LogP contribution >= 0.6 is 15.9 Å². The van der Waals surface area contributed by atoms with E-state index in [1.165, 1.54) is 0 Å². The molecule has 0 spiro atoms. The van der Waals surface area contributed by atoms with Crippen LogP contribution in [0.4, 0.5) is 4.79 Å². The third kappa shape index (κ3) is 4.99. The molecular formula is C16H18BrNO5. The lowest BCUT2D eigenvalue weighted by molar-refractivity contribution is -0.139. The van der Waals surface area contributed by atoms with Crippen LogP contribution in [0.1, 0.15) is 26.5 Å². The first-order chi connectivity index (χ1) is 10.6. The lowest BCUT2D eigenvalue weighted by atomic mass is 10.1. The molecule has 1 amide bonds. The van der Waals surface area contributed by atoms with Crippen molar-refractivity contribution in [1.82, 2.24) is 5.32 Å². The second-order valence-electron chi connectivity index (χ2n) is 6.14. The standard InChI is InChI=1S/C16H18BrNO5/c1-16(2,3)23-15(21)18-12(14(19)20)8-11-7-9-6-10(17)4-5-13(9)22-11/h4-7,12H,8H2,1-3H3,(H,18,21)(H,19,20). The Morgan fingerprint density at radius 3 is 2.65 bits per heavy atom. The maximum absolute atomic E-state index is 11.7. The van der Waals surface area contributed by atoms with Crippen LogP contribution in [0.3, 0.4) is 0 Å². The Labute approximate surface area is 141 Å². The molecule has 6 nitrogen and oxygen atoms in total. The van der Waals surface area contributed by atoms with Crippen LogP contribution in [0.2, 0.25) is 0 Å². The molecule has 2 N–H and O–H groups in total. The van der Waals surface area contributed by atoms with E-state index < -0.39 is 23.7 Å². The summed E-state index contributed by atoms with van der Waals surface area (Å²) < 4.78 is 11.6. The molecule has 0 aliphatic rings. The second kappa shape index (κ2) is 6.62. The number of carbonyl (C=O) groups excluding carboxylic acids is 1. The second-order valence-corrected chi connectivity index (χ2v) is 7.05. The Morgan fingerprint density at radius 1 is 1.35 bits per heavy atom. The van der Waals surface area contributed by atoms with E-state index in [2.05, 4.69) is 21.2 Å². The van der Waals surface area contributed by atoms with Crippen molar-refractivity contribution in [1.29, 1.82) is 0 Å². The van der Waals surface area contributed by atoms with Crippen molar-refractivity contribution in [3.63, 3.8) is 0 Å². The van der Waals surface area contributed by atoms with Crippen LogP contribution in [0, 0.1) is 0 Å². The first-order valence-corrected chi connectivity index (χ1v) is 7.83. The zero-order valence-electron chi connectivity index (χ0n) is 13.1. The van der Waals surface area contributed by atoms with E-state index in [0.717, 1.165) is 9.86 Å². The maximum atomic E-state index is 11.7. The number of amides is 1. The van der Waals surface area contributed by atoms with Gasteiger partial charge in [-0.1, -0.05) is 15.9 Å². The third-order valence-corrected chi connectivity index (χ3v) is 3.42. The quantitative estimate of drug-likeness (QED) is 0.839. The van der Waals surface area contributed by atoms with Gasteiger partial charge in [-0.3, -0.25) is 0 Å². The molecule has 7 heteroatoms. The fourth-order valence-electron chi connectivity index (χ4n) is 2.02. The number of nitrogens with one attached hydrogen (secondary N) is 1. The lowest BCUT2D eigenvalue weighted by Gasteiger charge is -2.21. The van der Waals surface area contributed by atoms with Gasteiger partial charge in [-0.25, -0.2) is 9.59 Å². The molecule has 2 aromatic rings. The van der Waals surface area contributed by atoms with Crippen molar-refractivity contribution in [3.05, 3.63) is 34.5 Å². The first kappa shape index (κ1) is 17.3. The summed E-state index contributed by atoms with van der Waals surface area (Å²) in [6.07, 6.45) is -0.746. The zero-order chi connectivity index (χ0) is 17.2. The van der Waals surface area contributed by atoms with Crippen molar-refractivity contribution >= 4 is 39.0 Å². The number of alkyl carbamates (subject to hydrolysis) is 1. The van der Waals surface area contributed by atoms with Crippen molar-refractivity contribution in [2.45, 2.75) is 38.8 Å². The topological polar surface area (TPSA) is 88.8 Å². The molecule has 0 bridgehead atoms. The number of halogens is 1. The van der Waals surface area contributed by atoms with E-state index in [0.29, 0.717) is 11.3 Å². The molecule has 23 heavy (non-hydrogen) atoms. The Kier molecular flexibility index (Phi) is 4.99. The minimum Gasteiger partial charge on any atom is -0.480 e. The summed E-state index contributed by atoms with van der Waals surface area (Å²) in [6.45, 7) is 5.12. The Bertz CT molecular complexity index is 732. The van der Waals surface area contributed by atoms with Crippen LogP contribution in [0.5, 0.6) is 0 Å². The molecule has 1 aromatic heterocycles. The minimum atomic E-state index is -1.16. The maximum Gasteiger partial charge on any atom is 0.408 e. The van der Waals surface area contributed by atoms with E-state index in [-0.39, 0.29) is 6.42 Å². The predicted octanol–water partition coefficient (Wildman–Crippen LogP) is 3.72. The van der Waals surface area contributed by atoms with Crippen LogP contribution in [-0.2, 0) is 16.0 Å². The molecule has 124 valence electrons. The third-order valence-electron chi connectivity index (χ3n) is 2.92. The molecule has 1 atom stereocenters. The first-order valence-electron chi connectivity index (χ1n) is 7.04. The highest BCUT2D eigenvalue weighted by Gasteiger charge is 2.25. The lowest BCUT2D eigenvalue weighted by Crippen LogP contribution is -2.44. The average Bonchev–Trinajstić information content (AvgIpc) is 2.76. The van der Waals surface area contributed by atoms with Gasteiger partial charge in [0.05, 0.1) is 0 Å². The van der Waals surface area contributed by atoms with E-state index in [4.69, 9.17) is 9.15 Å². The van der Waals surface area contributed by atoms with Gasteiger partial charge in [-0.15, -0.1) is 0 Å². The van der Waals surface area contributed by atoms with Gasteiger partial charge in [-0.05, 0) is 45.0 Å². The summed E-state index contributed by atoms with van der Waals surface area (Å²) in [5.74, 6) is -0.681. The molecule has 1 heterocycles. The minimum absolute atomic E-state index is 0.0286. The predicted molar refractivity (Wildman–Crippen MR) is 88.4 cm³/mol. The molecular weight excluding hydrogens is 366 g/mol. The monoisotopic (exact) mass is 383 g/mol. The average molecular weight is 384 g/mol. The summed E-state index contributed by atoms with van der Waals surface area (Å²) >= 11 is 3.37. The van der Waals surface area contributed by atoms with Crippen molar-refractivity contribution in [3.8, 4) is 0 Å². The number of rotatable bonds is 4. The van der Waals surface area contributed by atoms with E-state index in [9.17, 15) is 14.7 Å². The number of carboxylic acid groups (broad SMARTS) is 1. The van der Waals surface area contributed by atoms with Gasteiger partial charge in [0, 0.05) is 16.3 Å². The highest BCUT2D eigenvalue weighted by atomic mass is 79.9. The summed E-state index contributed by atoms with van der Waals surface area (Å²) in [6, 6.07) is 6.13. The van der Waals surface area contributed by atoms with Crippen LogP contribution in [-0.4, -0.2) is 28.8 Å². The molecule has 1 unspecified atom stereocenters. The number of hydrogen-bond acceptors (Lipinski definition) is 4. The van der Waals surface area contributed by atoms with Gasteiger partial charge in [0.1, 0.15) is 23.0 Å². The summed E-state index contributed by atoms with van der Waals surface area (Å²) in [5.41, 5.74) is -0.0386. The normalized spacial score (nSPS) is 12.9. The number of fused-ring (bicyclic) bond motifs is 1. The van der Waals surface area contributed by atoms with E-state index in [1.54, 1.807) is 32.9 Å². The Hall–Kier alpha value is -2.02. The van der Waals surface area contributed by atoms with Gasteiger partial charge in [0.15, 0.2) is 0 Å². The van der Waals surface area contributed by atoms with Crippen molar-refractivity contribution < 1.29 is 23.8 Å². The number of ether oxygens (including phenoxy) is 1. The van der Waals surface area contributed by atoms with Crippen LogP contribution < -0.4 is 5.32 Å². The molecule has 1 aromatic carbocycles. The van der Waals surface area contributed by atoms with Crippen molar-refractivity contribution in [2.75, 3.05) is 0 Å². The van der Waals surface area contributed by atoms with Gasteiger partial charge in [0.2, 0.25) is 0 Å². The fraction of sp³-hybridized carbons (Fsp3) is 0.375. The fourth-order valence-corrected chi connectivity index (χ4v) is 2.40. The Morgan fingerprint density at radius 2 is 2.04 bits per heavy atom. The molecule has 0 saturated heterocycles. The Balaban J connectivity index is 2.11. The highest BCUT2D eigenvalue weighted by Crippen LogP contribution is 2.24. The smallest absolute Gasteiger partial charge is 0.408 e. The van der Waals surface area contributed by atoms with Gasteiger partial charge >= 0.3 is 12.1 Å². The largest absolute Gasteiger partial charge is 0.480 e. The number of carbonyl (C=O) groups is 2. The summed E-state index contributed by atoms with van der Waals surface area (Å²) in [5, 5.41) is 12.5. The van der Waals surface area contributed by atoms with Crippen molar-refractivity contribution in [2.24, 2.45) is 0 Å². The van der Waals surface area contributed by atoms with Crippen LogP contribution in [0.25, 0.3) is 11.0 Å².